The fourth-order valence-electron chi connectivity index (χ4n) is 0.870. The van der Waals surface area contributed by atoms with E-state index in [0.717, 1.165) is 0 Å². The van der Waals surface area contributed by atoms with E-state index in [4.69, 9.17) is 10.2 Å². The normalized spacial score (nSPS) is 9.17. The predicted molar refractivity (Wildman–Crippen MR) is 48.2 cm³/mol. The molecule has 0 heterocycles. The van der Waals surface area contributed by atoms with Crippen LogP contribution in [0.4, 0.5) is 0 Å². The van der Waals surface area contributed by atoms with E-state index in [1.54, 1.807) is 13.8 Å². The third kappa shape index (κ3) is 1.56. The molecule has 1 rings (SSSR count). The van der Waals surface area contributed by atoms with E-state index >= 15 is 0 Å². The Morgan fingerprint density at radius 1 is 0.917 bits per heavy atom. The van der Waals surface area contributed by atoms with Crippen LogP contribution in [0.15, 0.2) is 6.07 Å². The minimum Gasteiger partial charge on any atom is -0.507 e. The molecular weight excluding hydrogens is 180 g/mol. The van der Waals surface area contributed by atoms with Crippen LogP contribution < -0.4 is 0 Å². The van der Waals surface area contributed by atoms with E-state index in [1.807, 2.05) is 0 Å². The molecular formula is C8H11ClO3. The zero-order valence-electron chi connectivity index (χ0n) is 6.83. The Kier molecular flexibility index (Phi) is 3.22. The van der Waals surface area contributed by atoms with Crippen LogP contribution in [0.3, 0.4) is 0 Å². The summed E-state index contributed by atoms with van der Waals surface area (Å²) in [5.74, 6) is -0.237. The van der Waals surface area contributed by atoms with Gasteiger partial charge >= 0.3 is 0 Å². The molecule has 0 saturated carbocycles. The van der Waals surface area contributed by atoms with Crippen molar-refractivity contribution in [1.82, 2.24) is 0 Å². The molecule has 0 amide bonds. The summed E-state index contributed by atoms with van der Waals surface area (Å²) in [6.45, 7) is 3.16. The monoisotopic (exact) mass is 190 g/mol. The van der Waals surface area contributed by atoms with E-state index in [0.29, 0.717) is 11.1 Å². The smallest absolute Gasteiger partial charge is 0.128 e. The highest BCUT2D eigenvalue weighted by Crippen LogP contribution is 2.35. The van der Waals surface area contributed by atoms with Gasteiger partial charge in [-0.2, -0.15) is 0 Å². The average molecular weight is 191 g/mol. The standard InChI is InChI=1S/C8H10O3.ClH/c1-4-6(9)3-7(10)5(2)8(4)11;/h3,9-11H,1-2H3;1H. The van der Waals surface area contributed by atoms with Gasteiger partial charge in [-0.25, -0.2) is 0 Å². The molecule has 0 aliphatic heterocycles. The molecule has 3 N–H and O–H groups in total. The van der Waals surface area contributed by atoms with E-state index in [9.17, 15) is 5.11 Å². The molecule has 0 aliphatic carbocycles. The Balaban J connectivity index is 0.00000121. The second-order valence-corrected chi connectivity index (χ2v) is 2.51. The molecule has 0 aromatic heterocycles. The van der Waals surface area contributed by atoms with Crippen LogP contribution in [0.25, 0.3) is 0 Å². The highest BCUT2D eigenvalue weighted by atomic mass is 35.5. The summed E-state index contributed by atoms with van der Waals surface area (Å²) in [5, 5.41) is 27.4. The largest absolute Gasteiger partial charge is 0.507 e. The lowest BCUT2D eigenvalue weighted by molar-refractivity contribution is 0.417. The number of phenols is 3. The summed E-state index contributed by atoms with van der Waals surface area (Å²) >= 11 is 0. The van der Waals surface area contributed by atoms with Gasteiger partial charge in [0, 0.05) is 17.2 Å². The van der Waals surface area contributed by atoms with Crippen LogP contribution in [0.1, 0.15) is 11.1 Å². The highest BCUT2D eigenvalue weighted by molar-refractivity contribution is 5.85. The first-order valence-electron chi connectivity index (χ1n) is 3.25. The number of rotatable bonds is 0. The van der Waals surface area contributed by atoms with E-state index in [1.165, 1.54) is 6.07 Å². The number of hydrogen-bond donors (Lipinski definition) is 3. The lowest BCUT2D eigenvalue weighted by Crippen LogP contribution is -1.82. The van der Waals surface area contributed by atoms with Crippen molar-refractivity contribution in [1.29, 1.82) is 0 Å². The van der Waals surface area contributed by atoms with Gasteiger partial charge in [-0.1, -0.05) is 0 Å². The van der Waals surface area contributed by atoms with Crippen LogP contribution in [0.5, 0.6) is 17.2 Å². The molecule has 1 aromatic carbocycles. The second kappa shape index (κ2) is 3.54. The third-order valence-corrected chi connectivity index (χ3v) is 1.75. The molecule has 0 bridgehead atoms. The van der Waals surface area contributed by atoms with Crippen molar-refractivity contribution in [2.24, 2.45) is 0 Å². The summed E-state index contributed by atoms with van der Waals surface area (Å²) < 4.78 is 0. The zero-order valence-corrected chi connectivity index (χ0v) is 7.64. The maximum absolute atomic E-state index is 9.25. The Labute approximate surface area is 76.7 Å². The van der Waals surface area contributed by atoms with Gasteiger partial charge in [0.25, 0.3) is 0 Å². The molecule has 0 aliphatic rings. The number of halogens is 1. The van der Waals surface area contributed by atoms with Crippen LogP contribution in [0, 0.1) is 13.8 Å². The molecule has 0 radical (unpaired) electrons. The van der Waals surface area contributed by atoms with Crippen molar-refractivity contribution in [3.8, 4) is 17.2 Å². The summed E-state index contributed by atoms with van der Waals surface area (Å²) in [5.41, 5.74) is 0.778. The predicted octanol–water partition coefficient (Wildman–Crippen LogP) is 1.84. The fraction of sp³-hybridized carbons (Fsp3) is 0.250. The molecule has 0 spiro atoms. The Hall–Kier alpha value is -1.09. The first-order valence-corrected chi connectivity index (χ1v) is 3.25. The van der Waals surface area contributed by atoms with Crippen LogP contribution in [-0.2, 0) is 0 Å². The molecule has 0 fully saturated rings. The van der Waals surface area contributed by atoms with Gasteiger partial charge in [0.15, 0.2) is 0 Å². The summed E-state index contributed by atoms with van der Waals surface area (Å²) in [7, 11) is 0. The number of phenolic OH excluding ortho intramolecular Hbond substituents is 3. The summed E-state index contributed by atoms with van der Waals surface area (Å²) in [6.07, 6.45) is 0. The van der Waals surface area contributed by atoms with Crippen molar-refractivity contribution in [2.75, 3.05) is 0 Å². The van der Waals surface area contributed by atoms with Gasteiger partial charge in [0.2, 0.25) is 0 Å². The van der Waals surface area contributed by atoms with Gasteiger partial charge in [0.05, 0.1) is 0 Å². The lowest BCUT2D eigenvalue weighted by Gasteiger charge is -2.06. The summed E-state index contributed by atoms with van der Waals surface area (Å²) in [6, 6.07) is 1.21. The van der Waals surface area contributed by atoms with Crippen LogP contribution in [-0.4, -0.2) is 15.3 Å². The highest BCUT2D eigenvalue weighted by Gasteiger charge is 2.09. The number of benzene rings is 1. The molecule has 1 aromatic rings. The average Bonchev–Trinajstić information content (AvgIpc) is 1.97. The molecule has 0 saturated heterocycles. The van der Waals surface area contributed by atoms with Crippen LogP contribution >= 0.6 is 12.4 Å². The van der Waals surface area contributed by atoms with E-state index in [-0.39, 0.29) is 29.7 Å². The van der Waals surface area contributed by atoms with E-state index < -0.39 is 0 Å². The van der Waals surface area contributed by atoms with Gasteiger partial charge in [-0.15, -0.1) is 12.4 Å². The number of aromatic hydroxyl groups is 3. The lowest BCUT2D eigenvalue weighted by atomic mass is 10.1. The Morgan fingerprint density at radius 2 is 1.25 bits per heavy atom. The van der Waals surface area contributed by atoms with Crippen molar-refractivity contribution >= 4 is 12.4 Å². The molecule has 12 heavy (non-hydrogen) atoms. The SMILES string of the molecule is Cc1c(O)cc(O)c(C)c1O.Cl. The molecule has 0 atom stereocenters. The minimum atomic E-state index is -0.0920. The molecule has 0 unspecified atom stereocenters. The Morgan fingerprint density at radius 3 is 1.58 bits per heavy atom. The van der Waals surface area contributed by atoms with Crippen molar-refractivity contribution < 1.29 is 15.3 Å². The van der Waals surface area contributed by atoms with Gasteiger partial charge in [0.1, 0.15) is 17.2 Å². The summed E-state index contributed by atoms with van der Waals surface area (Å²) in [4.78, 5) is 0. The number of hydrogen-bond acceptors (Lipinski definition) is 3. The fourth-order valence-corrected chi connectivity index (χ4v) is 0.870. The maximum atomic E-state index is 9.25. The van der Waals surface area contributed by atoms with Crippen molar-refractivity contribution in [3.05, 3.63) is 17.2 Å². The molecule has 68 valence electrons. The van der Waals surface area contributed by atoms with Gasteiger partial charge in [-0.3, -0.25) is 0 Å². The minimum absolute atomic E-state index is 0. The van der Waals surface area contributed by atoms with Crippen molar-refractivity contribution in [2.45, 2.75) is 13.8 Å². The second-order valence-electron chi connectivity index (χ2n) is 2.51. The zero-order chi connectivity index (χ0) is 8.59. The third-order valence-electron chi connectivity index (χ3n) is 1.75. The molecule has 3 nitrogen and oxygen atoms in total. The van der Waals surface area contributed by atoms with Gasteiger partial charge < -0.3 is 15.3 Å². The quantitative estimate of drug-likeness (QED) is 0.585. The topological polar surface area (TPSA) is 60.7 Å². The van der Waals surface area contributed by atoms with E-state index in [2.05, 4.69) is 0 Å². The first kappa shape index (κ1) is 10.9. The van der Waals surface area contributed by atoms with Crippen LogP contribution in [0.2, 0.25) is 0 Å². The first-order chi connectivity index (χ1) is 5.04. The Bertz CT molecular complexity index is 271. The maximum Gasteiger partial charge on any atom is 0.128 e. The van der Waals surface area contributed by atoms with Crippen molar-refractivity contribution in [3.63, 3.8) is 0 Å². The van der Waals surface area contributed by atoms with Gasteiger partial charge in [-0.05, 0) is 13.8 Å². The molecule has 4 heteroatoms.